The van der Waals surface area contributed by atoms with Gasteiger partial charge in [-0.05, 0) is 25.8 Å². The van der Waals surface area contributed by atoms with E-state index in [0.717, 1.165) is 13.0 Å². The lowest BCUT2D eigenvalue weighted by Crippen LogP contribution is -2.20. The summed E-state index contributed by atoms with van der Waals surface area (Å²) in [4.78, 5) is 19.6. The Morgan fingerprint density at radius 1 is 1.45 bits per heavy atom. The van der Waals surface area contributed by atoms with Crippen LogP contribution in [0.2, 0.25) is 0 Å². The topological polar surface area (TPSA) is 87.1 Å². The molecular formula is C14H22N4O2. The molecular weight excluding hydrogens is 256 g/mol. The third kappa shape index (κ3) is 4.16. The molecule has 0 atom stereocenters. The second-order valence-electron chi connectivity index (χ2n) is 5.46. The Hall–Kier alpha value is -1.69. The number of carboxylic acids is 1. The van der Waals surface area contributed by atoms with Crippen LogP contribution in [-0.2, 0) is 0 Å². The number of hydrogen-bond acceptors (Lipinski definition) is 5. The molecule has 6 heteroatoms. The van der Waals surface area contributed by atoms with E-state index in [1.807, 2.05) is 13.8 Å². The Bertz CT molecular complexity index is 472. The zero-order valence-corrected chi connectivity index (χ0v) is 12.0. The van der Waals surface area contributed by atoms with Crippen LogP contribution in [0.3, 0.4) is 0 Å². The molecule has 1 heterocycles. The van der Waals surface area contributed by atoms with Crippen molar-refractivity contribution in [2.75, 3.05) is 18.4 Å². The quantitative estimate of drug-likeness (QED) is 0.629. The van der Waals surface area contributed by atoms with Crippen molar-refractivity contribution in [3.63, 3.8) is 0 Å². The zero-order valence-electron chi connectivity index (χ0n) is 12.0. The van der Waals surface area contributed by atoms with Gasteiger partial charge in [-0.25, -0.2) is 14.8 Å². The minimum absolute atomic E-state index is 0.0545. The first-order chi connectivity index (χ1) is 9.58. The Balaban J connectivity index is 1.89. The van der Waals surface area contributed by atoms with Crippen molar-refractivity contribution >= 4 is 11.7 Å². The molecule has 0 amide bonds. The van der Waals surface area contributed by atoms with Gasteiger partial charge in [-0.2, -0.15) is 0 Å². The maximum absolute atomic E-state index is 11.2. The first-order valence-corrected chi connectivity index (χ1v) is 7.15. The minimum atomic E-state index is -1.02. The number of aromatic carboxylic acids is 1. The molecule has 0 unspecified atom stereocenters. The van der Waals surface area contributed by atoms with Crippen LogP contribution >= 0.6 is 0 Å². The van der Waals surface area contributed by atoms with Crippen molar-refractivity contribution in [2.24, 2.45) is 0 Å². The summed E-state index contributed by atoms with van der Waals surface area (Å²) in [6, 6.07) is 0.707. The van der Waals surface area contributed by atoms with Gasteiger partial charge in [-0.1, -0.05) is 13.8 Å². The maximum Gasteiger partial charge on any atom is 0.356 e. The van der Waals surface area contributed by atoms with Gasteiger partial charge in [0.15, 0.2) is 5.69 Å². The summed E-state index contributed by atoms with van der Waals surface area (Å²) in [7, 11) is 0. The van der Waals surface area contributed by atoms with Gasteiger partial charge < -0.3 is 15.7 Å². The molecule has 0 saturated heterocycles. The summed E-state index contributed by atoms with van der Waals surface area (Å²) < 4.78 is 0. The van der Waals surface area contributed by atoms with Crippen LogP contribution in [0.5, 0.6) is 0 Å². The zero-order chi connectivity index (χ0) is 14.5. The second kappa shape index (κ2) is 6.65. The summed E-state index contributed by atoms with van der Waals surface area (Å²) in [5.74, 6) is -0.346. The Morgan fingerprint density at radius 3 is 2.80 bits per heavy atom. The number of nitrogens with zero attached hydrogens (tertiary/aromatic N) is 2. The summed E-state index contributed by atoms with van der Waals surface area (Å²) in [5.41, 5.74) is 0.548. The van der Waals surface area contributed by atoms with E-state index in [0.29, 0.717) is 24.1 Å². The SMILES string of the molecule is CC(C)c1ncc(NCCCNC2CC2)c(C(=O)O)n1. The van der Waals surface area contributed by atoms with E-state index in [1.54, 1.807) is 6.20 Å². The molecule has 1 aliphatic rings. The van der Waals surface area contributed by atoms with Gasteiger partial charge in [0.25, 0.3) is 0 Å². The monoisotopic (exact) mass is 278 g/mol. The highest BCUT2D eigenvalue weighted by Crippen LogP contribution is 2.18. The maximum atomic E-state index is 11.2. The summed E-state index contributed by atoms with van der Waals surface area (Å²) in [6.07, 6.45) is 5.07. The van der Waals surface area contributed by atoms with Gasteiger partial charge in [0.2, 0.25) is 0 Å². The molecule has 2 rings (SSSR count). The van der Waals surface area contributed by atoms with Gasteiger partial charge in [-0.3, -0.25) is 0 Å². The highest BCUT2D eigenvalue weighted by molar-refractivity contribution is 5.91. The molecule has 1 aliphatic carbocycles. The van der Waals surface area contributed by atoms with E-state index >= 15 is 0 Å². The van der Waals surface area contributed by atoms with Crippen molar-refractivity contribution in [3.05, 3.63) is 17.7 Å². The fourth-order valence-electron chi connectivity index (χ4n) is 1.87. The molecule has 0 radical (unpaired) electrons. The van der Waals surface area contributed by atoms with E-state index in [4.69, 9.17) is 0 Å². The first kappa shape index (κ1) is 14.7. The van der Waals surface area contributed by atoms with Gasteiger partial charge in [0.05, 0.1) is 11.9 Å². The van der Waals surface area contributed by atoms with Gasteiger partial charge in [0, 0.05) is 18.5 Å². The molecule has 1 aromatic rings. The predicted octanol–water partition coefficient (Wildman–Crippen LogP) is 1.85. The van der Waals surface area contributed by atoms with Crippen molar-refractivity contribution in [1.82, 2.24) is 15.3 Å². The van der Waals surface area contributed by atoms with Crippen LogP contribution in [0.1, 0.15) is 55.3 Å². The lowest BCUT2D eigenvalue weighted by molar-refractivity contribution is 0.0691. The molecule has 0 aromatic carbocycles. The molecule has 0 aliphatic heterocycles. The van der Waals surface area contributed by atoms with E-state index < -0.39 is 5.97 Å². The average molecular weight is 278 g/mol. The molecule has 3 N–H and O–H groups in total. The number of carbonyl (C=O) groups is 1. The first-order valence-electron chi connectivity index (χ1n) is 7.15. The van der Waals surface area contributed by atoms with Crippen molar-refractivity contribution in [2.45, 2.75) is 45.1 Å². The molecule has 1 fully saturated rings. The van der Waals surface area contributed by atoms with Crippen LogP contribution < -0.4 is 10.6 Å². The minimum Gasteiger partial charge on any atom is -0.476 e. The fraction of sp³-hybridized carbons (Fsp3) is 0.643. The number of anilines is 1. The van der Waals surface area contributed by atoms with Crippen LogP contribution in [0.4, 0.5) is 5.69 Å². The third-order valence-corrected chi connectivity index (χ3v) is 3.21. The summed E-state index contributed by atoms with van der Waals surface area (Å²) in [6.45, 7) is 5.55. The number of rotatable bonds is 8. The number of hydrogen-bond donors (Lipinski definition) is 3. The van der Waals surface area contributed by atoms with E-state index in [9.17, 15) is 9.90 Å². The van der Waals surface area contributed by atoms with E-state index in [1.165, 1.54) is 12.8 Å². The standard InChI is InChI=1S/C14H22N4O2/c1-9(2)13-17-8-11(12(18-13)14(19)20)16-7-3-6-15-10-4-5-10/h8-10,15-16H,3-7H2,1-2H3,(H,19,20). The summed E-state index contributed by atoms with van der Waals surface area (Å²) in [5, 5.41) is 15.7. The average Bonchev–Trinajstić information content (AvgIpc) is 3.22. The lowest BCUT2D eigenvalue weighted by Gasteiger charge is -2.11. The normalized spacial score (nSPS) is 14.6. The molecule has 1 saturated carbocycles. The largest absolute Gasteiger partial charge is 0.476 e. The molecule has 1 aromatic heterocycles. The van der Waals surface area contributed by atoms with Gasteiger partial charge in [-0.15, -0.1) is 0 Å². The van der Waals surface area contributed by atoms with E-state index in [2.05, 4.69) is 20.6 Å². The Kier molecular flexibility index (Phi) is 4.89. The third-order valence-electron chi connectivity index (χ3n) is 3.21. The molecule has 0 spiro atoms. The highest BCUT2D eigenvalue weighted by Gasteiger charge is 2.19. The van der Waals surface area contributed by atoms with Crippen molar-refractivity contribution in [1.29, 1.82) is 0 Å². The van der Waals surface area contributed by atoms with Gasteiger partial charge in [0.1, 0.15) is 5.82 Å². The van der Waals surface area contributed by atoms with Crippen LogP contribution in [0, 0.1) is 0 Å². The summed E-state index contributed by atoms with van der Waals surface area (Å²) >= 11 is 0. The molecule has 0 bridgehead atoms. The smallest absolute Gasteiger partial charge is 0.356 e. The van der Waals surface area contributed by atoms with Crippen molar-refractivity contribution < 1.29 is 9.90 Å². The highest BCUT2D eigenvalue weighted by atomic mass is 16.4. The molecule has 110 valence electrons. The Morgan fingerprint density at radius 2 is 2.20 bits per heavy atom. The van der Waals surface area contributed by atoms with Crippen LogP contribution in [0.15, 0.2) is 6.20 Å². The second-order valence-corrected chi connectivity index (χ2v) is 5.46. The van der Waals surface area contributed by atoms with Gasteiger partial charge >= 0.3 is 5.97 Å². The molecule has 20 heavy (non-hydrogen) atoms. The number of carboxylic acid groups (broad SMARTS) is 1. The van der Waals surface area contributed by atoms with Crippen LogP contribution in [0.25, 0.3) is 0 Å². The van der Waals surface area contributed by atoms with Crippen molar-refractivity contribution in [3.8, 4) is 0 Å². The predicted molar refractivity (Wildman–Crippen MR) is 77.2 cm³/mol. The Labute approximate surface area is 119 Å². The number of nitrogens with one attached hydrogen (secondary N) is 2. The number of aromatic nitrogens is 2. The van der Waals surface area contributed by atoms with Crippen LogP contribution in [-0.4, -0.2) is 40.2 Å². The van der Waals surface area contributed by atoms with E-state index in [-0.39, 0.29) is 11.6 Å². The lowest BCUT2D eigenvalue weighted by atomic mass is 10.2. The molecule has 6 nitrogen and oxygen atoms in total. The fourth-order valence-corrected chi connectivity index (χ4v) is 1.87.